The van der Waals surface area contributed by atoms with Gasteiger partial charge in [-0.05, 0) is 12.1 Å². The maximum atomic E-state index is 13.4. The highest BCUT2D eigenvalue weighted by Gasteiger charge is 2.37. The number of carboxylic acids is 1. The van der Waals surface area contributed by atoms with Crippen LogP contribution in [0.1, 0.15) is 6.42 Å². The molecule has 0 aromatic heterocycles. The summed E-state index contributed by atoms with van der Waals surface area (Å²) in [5.74, 6) is -4.38. The number of carbonyl (C=O) groups excluding carboxylic acids is 1. The quantitative estimate of drug-likeness (QED) is 0.851. The minimum absolute atomic E-state index is 0.202. The van der Waals surface area contributed by atoms with E-state index in [0.29, 0.717) is 0 Å². The Labute approximate surface area is 95.5 Å². The van der Waals surface area contributed by atoms with Gasteiger partial charge in [-0.2, -0.15) is 0 Å². The Balaban J connectivity index is 2.35. The number of carbonyl (C=O) groups is 2. The summed E-state index contributed by atoms with van der Waals surface area (Å²) in [7, 11) is 0. The van der Waals surface area contributed by atoms with Crippen LogP contribution in [0.4, 0.5) is 14.5 Å². The molecule has 0 spiro atoms. The summed E-state index contributed by atoms with van der Waals surface area (Å²) in [5, 5.41) is 8.77. The molecular formula is C11H9F2NO3. The van der Waals surface area contributed by atoms with Crippen LogP contribution in [0.5, 0.6) is 0 Å². The van der Waals surface area contributed by atoms with E-state index in [-0.39, 0.29) is 13.0 Å². The number of aliphatic carboxylic acids is 1. The topological polar surface area (TPSA) is 57.6 Å². The number of anilines is 1. The SMILES string of the molecule is O=C(O)C1CC(=O)N(c2c(F)cccc2F)C1. The lowest BCUT2D eigenvalue weighted by Gasteiger charge is -2.17. The standard InChI is InChI=1S/C11H9F2NO3/c12-7-2-1-3-8(13)10(7)14-5-6(11(16)17)4-9(14)15/h1-3,6H,4-5H2,(H,16,17). The maximum Gasteiger partial charge on any atom is 0.308 e. The minimum Gasteiger partial charge on any atom is -0.481 e. The monoisotopic (exact) mass is 241 g/mol. The second-order valence-corrected chi connectivity index (χ2v) is 3.81. The number of halogens is 2. The normalized spacial score (nSPS) is 19.8. The van der Waals surface area contributed by atoms with Crippen molar-refractivity contribution in [2.75, 3.05) is 11.4 Å². The molecule has 1 atom stereocenters. The third kappa shape index (κ3) is 1.98. The largest absolute Gasteiger partial charge is 0.481 e. The van der Waals surface area contributed by atoms with Crippen LogP contribution in [0, 0.1) is 17.6 Å². The number of amides is 1. The van der Waals surface area contributed by atoms with Crippen molar-refractivity contribution in [2.24, 2.45) is 5.92 Å². The van der Waals surface area contributed by atoms with Crippen LogP contribution in [-0.2, 0) is 9.59 Å². The summed E-state index contributed by atoms with van der Waals surface area (Å²) < 4.78 is 26.8. The molecule has 2 rings (SSSR count). The van der Waals surface area contributed by atoms with Crippen molar-refractivity contribution in [2.45, 2.75) is 6.42 Å². The first-order chi connectivity index (χ1) is 8.00. The molecule has 1 amide bonds. The minimum atomic E-state index is -1.14. The van der Waals surface area contributed by atoms with Gasteiger partial charge in [-0.25, -0.2) is 8.78 Å². The fourth-order valence-corrected chi connectivity index (χ4v) is 1.84. The van der Waals surface area contributed by atoms with E-state index in [1.807, 2.05) is 0 Å². The molecule has 6 heteroatoms. The fourth-order valence-electron chi connectivity index (χ4n) is 1.84. The van der Waals surface area contributed by atoms with E-state index in [2.05, 4.69) is 0 Å². The van der Waals surface area contributed by atoms with Crippen LogP contribution in [-0.4, -0.2) is 23.5 Å². The molecule has 1 aromatic rings. The van der Waals surface area contributed by atoms with Gasteiger partial charge in [-0.15, -0.1) is 0 Å². The van der Waals surface area contributed by atoms with Crippen LogP contribution in [0.2, 0.25) is 0 Å². The van der Waals surface area contributed by atoms with Crippen molar-refractivity contribution >= 4 is 17.6 Å². The first-order valence-corrected chi connectivity index (χ1v) is 4.98. The average Bonchev–Trinajstić information content (AvgIpc) is 2.61. The number of para-hydroxylation sites is 1. The zero-order valence-electron chi connectivity index (χ0n) is 8.69. The predicted molar refractivity (Wildman–Crippen MR) is 54.5 cm³/mol. The van der Waals surface area contributed by atoms with E-state index < -0.39 is 35.1 Å². The molecule has 1 aliphatic heterocycles. The molecule has 0 radical (unpaired) electrons. The Morgan fingerprint density at radius 2 is 1.94 bits per heavy atom. The second kappa shape index (κ2) is 4.12. The van der Waals surface area contributed by atoms with Gasteiger partial charge < -0.3 is 10.0 Å². The molecule has 1 unspecified atom stereocenters. The number of benzene rings is 1. The smallest absolute Gasteiger partial charge is 0.308 e. The fraction of sp³-hybridized carbons (Fsp3) is 0.273. The lowest BCUT2D eigenvalue weighted by Crippen LogP contribution is -2.27. The van der Waals surface area contributed by atoms with Crippen molar-refractivity contribution in [3.8, 4) is 0 Å². The second-order valence-electron chi connectivity index (χ2n) is 3.81. The lowest BCUT2D eigenvalue weighted by molar-refractivity contribution is -0.141. The summed E-state index contributed by atoms with van der Waals surface area (Å²) in [6.07, 6.45) is -0.233. The summed E-state index contributed by atoms with van der Waals surface area (Å²) in [6.45, 7) is -0.202. The van der Waals surface area contributed by atoms with Crippen LogP contribution >= 0.6 is 0 Å². The Morgan fingerprint density at radius 1 is 1.35 bits per heavy atom. The van der Waals surface area contributed by atoms with Crippen LogP contribution in [0.15, 0.2) is 18.2 Å². The first-order valence-electron chi connectivity index (χ1n) is 4.98. The number of nitrogens with zero attached hydrogens (tertiary/aromatic N) is 1. The van der Waals surface area contributed by atoms with Crippen molar-refractivity contribution in [3.63, 3.8) is 0 Å². The lowest BCUT2D eigenvalue weighted by atomic mass is 10.1. The Hall–Kier alpha value is -1.98. The van der Waals surface area contributed by atoms with Crippen molar-refractivity contribution in [1.29, 1.82) is 0 Å². The predicted octanol–water partition coefficient (Wildman–Crippen LogP) is 1.40. The van der Waals surface area contributed by atoms with E-state index in [0.717, 1.165) is 17.0 Å². The van der Waals surface area contributed by atoms with Gasteiger partial charge in [0.05, 0.1) is 5.92 Å². The van der Waals surface area contributed by atoms with E-state index in [9.17, 15) is 18.4 Å². The number of carboxylic acid groups (broad SMARTS) is 1. The molecule has 1 saturated heterocycles. The zero-order chi connectivity index (χ0) is 12.6. The van der Waals surface area contributed by atoms with E-state index in [4.69, 9.17) is 5.11 Å². The van der Waals surface area contributed by atoms with Gasteiger partial charge in [0.1, 0.15) is 17.3 Å². The Bertz CT molecular complexity index is 469. The van der Waals surface area contributed by atoms with Gasteiger partial charge in [0.15, 0.2) is 0 Å². The zero-order valence-corrected chi connectivity index (χ0v) is 8.69. The summed E-state index contributed by atoms with van der Waals surface area (Å²) in [4.78, 5) is 23.1. The van der Waals surface area contributed by atoms with Crippen molar-refractivity contribution in [3.05, 3.63) is 29.8 Å². The van der Waals surface area contributed by atoms with Crippen molar-refractivity contribution < 1.29 is 23.5 Å². The van der Waals surface area contributed by atoms with Gasteiger partial charge in [-0.1, -0.05) is 6.07 Å². The van der Waals surface area contributed by atoms with Gasteiger partial charge in [0.25, 0.3) is 0 Å². The molecule has 0 saturated carbocycles. The summed E-state index contributed by atoms with van der Waals surface area (Å²) >= 11 is 0. The summed E-state index contributed by atoms with van der Waals surface area (Å²) in [6, 6.07) is 3.24. The number of hydrogen-bond donors (Lipinski definition) is 1. The van der Waals surface area contributed by atoms with Crippen LogP contribution < -0.4 is 4.90 Å². The third-order valence-electron chi connectivity index (χ3n) is 2.68. The third-order valence-corrected chi connectivity index (χ3v) is 2.68. The molecule has 90 valence electrons. The highest BCUT2D eigenvalue weighted by Crippen LogP contribution is 2.29. The average molecular weight is 241 g/mol. The Kier molecular flexibility index (Phi) is 2.79. The molecule has 0 bridgehead atoms. The van der Waals surface area contributed by atoms with Crippen LogP contribution in [0.3, 0.4) is 0 Å². The molecule has 1 aliphatic rings. The van der Waals surface area contributed by atoms with Gasteiger partial charge in [-0.3, -0.25) is 9.59 Å². The summed E-state index contributed by atoms with van der Waals surface area (Å²) in [5.41, 5.74) is -0.471. The van der Waals surface area contributed by atoms with Crippen molar-refractivity contribution in [1.82, 2.24) is 0 Å². The highest BCUT2D eigenvalue weighted by molar-refractivity contribution is 5.99. The molecular weight excluding hydrogens is 232 g/mol. The van der Waals surface area contributed by atoms with E-state index >= 15 is 0 Å². The molecule has 0 aliphatic carbocycles. The molecule has 4 nitrogen and oxygen atoms in total. The first kappa shape index (κ1) is 11.5. The number of hydrogen-bond acceptors (Lipinski definition) is 2. The van der Waals surface area contributed by atoms with E-state index in [1.165, 1.54) is 6.07 Å². The van der Waals surface area contributed by atoms with Gasteiger partial charge in [0, 0.05) is 13.0 Å². The van der Waals surface area contributed by atoms with E-state index in [1.54, 1.807) is 0 Å². The van der Waals surface area contributed by atoms with Gasteiger partial charge >= 0.3 is 5.97 Å². The molecule has 1 heterocycles. The van der Waals surface area contributed by atoms with Crippen LogP contribution in [0.25, 0.3) is 0 Å². The number of rotatable bonds is 2. The highest BCUT2D eigenvalue weighted by atomic mass is 19.1. The molecule has 1 aromatic carbocycles. The molecule has 1 N–H and O–H groups in total. The Morgan fingerprint density at radius 3 is 2.41 bits per heavy atom. The molecule has 1 fully saturated rings. The van der Waals surface area contributed by atoms with Gasteiger partial charge in [0.2, 0.25) is 5.91 Å². The maximum absolute atomic E-state index is 13.4. The molecule has 17 heavy (non-hydrogen) atoms.